The maximum Gasteiger partial charge on any atom is 0.317 e. The van der Waals surface area contributed by atoms with Crippen LogP contribution in [0.1, 0.15) is 46.0 Å². The number of aliphatic carboxylic acids is 1. The molecular weight excluding hydrogens is 288 g/mol. The standard InChI is InChI=1S/C15H28N2O3S/c1-3-21-11-8-12(2)16-15(20)17-9-6-13(7-10-17)4-5-14(18)19/h12-13H,3-11H2,1-2H3,(H,16,20)(H,18,19). The van der Waals surface area contributed by atoms with E-state index in [-0.39, 0.29) is 18.5 Å². The molecule has 5 nitrogen and oxygen atoms in total. The lowest BCUT2D eigenvalue weighted by atomic mass is 9.92. The number of urea groups is 1. The molecule has 1 heterocycles. The molecule has 1 unspecified atom stereocenters. The topological polar surface area (TPSA) is 69.6 Å². The van der Waals surface area contributed by atoms with E-state index in [9.17, 15) is 9.59 Å². The lowest BCUT2D eigenvalue weighted by molar-refractivity contribution is -0.137. The van der Waals surface area contributed by atoms with Gasteiger partial charge in [0.15, 0.2) is 0 Å². The molecule has 1 fully saturated rings. The predicted molar refractivity (Wildman–Crippen MR) is 86.8 cm³/mol. The van der Waals surface area contributed by atoms with Crippen molar-refractivity contribution in [2.75, 3.05) is 24.6 Å². The number of nitrogens with one attached hydrogen (secondary N) is 1. The van der Waals surface area contributed by atoms with Crippen LogP contribution in [0.25, 0.3) is 0 Å². The average Bonchev–Trinajstić information content (AvgIpc) is 2.45. The SMILES string of the molecule is CCSCCC(C)NC(=O)N1CCC(CCC(=O)O)CC1. The molecule has 1 rings (SSSR count). The first-order chi connectivity index (χ1) is 10.0. The molecule has 2 amide bonds. The third kappa shape index (κ3) is 7.60. The normalized spacial score (nSPS) is 17.5. The van der Waals surface area contributed by atoms with E-state index in [0.717, 1.165) is 50.3 Å². The van der Waals surface area contributed by atoms with Crippen LogP contribution in [0.2, 0.25) is 0 Å². The maximum atomic E-state index is 12.1. The van der Waals surface area contributed by atoms with Crippen LogP contribution < -0.4 is 5.32 Å². The number of piperidine rings is 1. The Morgan fingerprint density at radius 2 is 2.05 bits per heavy atom. The number of carbonyl (C=O) groups excluding carboxylic acids is 1. The summed E-state index contributed by atoms with van der Waals surface area (Å²) >= 11 is 1.89. The van der Waals surface area contributed by atoms with Crippen LogP contribution in [0.3, 0.4) is 0 Å². The number of carbonyl (C=O) groups is 2. The third-order valence-corrected chi connectivity index (χ3v) is 4.87. The molecule has 2 N–H and O–H groups in total. The highest BCUT2D eigenvalue weighted by atomic mass is 32.2. The van der Waals surface area contributed by atoms with Gasteiger partial charge in [-0.25, -0.2) is 4.79 Å². The summed E-state index contributed by atoms with van der Waals surface area (Å²) in [5, 5.41) is 11.7. The number of hydrogen-bond acceptors (Lipinski definition) is 3. The van der Waals surface area contributed by atoms with Gasteiger partial charge < -0.3 is 15.3 Å². The molecular formula is C15H28N2O3S. The molecule has 0 aromatic carbocycles. The number of amides is 2. The smallest absolute Gasteiger partial charge is 0.317 e. The minimum absolute atomic E-state index is 0.0284. The molecule has 0 spiro atoms. The van der Waals surface area contributed by atoms with E-state index in [1.165, 1.54) is 0 Å². The Morgan fingerprint density at radius 3 is 2.62 bits per heavy atom. The van der Waals surface area contributed by atoms with Gasteiger partial charge in [-0.15, -0.1) is 0 Å². The molecule has 0 bridgehead atoms. The summed E-state index contributed by atoms with van der Waals surface area (Å²) in [5.74, 6) is 1.91. The minimum atomic E-state index is -0.728. The van der Waals surface area contributed by atoms with Crippen molar-refractivity contribution in [2.45, 2.75) is 52.0 Å². The Bertz CT molecular complexity index is 331. The van der Waals surface area contributed by atoms with Gasteiger partial charge in [0.1, 0.15) is 0 Å². The van der Waals surface area contributed by atoms with Crippen LogP contribution >= 0.6 is 11.8 Å². The molecule has 0 aromatic rings. The largest absolute Gasteiger partial charge is 0.481 e. The summed E-state index contributed by atoms with van der Waals surface area (Å²) in [6.45, 7) is 5.68. The molecule has 1 saturated heterocycles. The Labute approximate surface area is 131 Å². The second kappa shape index (κ2) is 9.92. The summed E-state index contributed by atoms with van der Waals surface area (Å²) in [5.41, 5.74) is 0. The fourth-order valence-electron chi connectivity index (χ4n) is 2.53. The number of thioether (sulfide) groups is 1. The lowest BCUT2D eigenvalue weighted by Gasteiger charge is -2.32. The summed E-state index contributed by atoms with van der Waals surface area (Å²) in [7, 11) is 0. The number of carboxylic acids is 1. The van der Waals surface area contributed by atoms with E-state index in [4.69, 9.17) is 5.11 Å². The Hall–Kier alpha value is -0.910. The molecule has 0 radical (unpaired) electrons. The van der Waals surface area contributed by atoms with Crippen molar-refractivity contribution in [1.82, 2.24) is 10.2 Å². The van der Waals surface area contributed by atoms with Gasteiger partial charge in [0, 0.05) is 25.6 Å². The number of rotatable bonds is 8. The van der Waals surface area contributed by atoms with Gasteiger partial charge in [-0.1, -0.05) is 6.92 Å². The highest BCUT2D eigenvalue weighted by Gasteiger charge is 2.23. The zero-order valence-electron chi connectivity index (χ0n) is 13.1. The van der Waals surface area contributed by atoms with E-state index in [2.05, 4.69) is 12.2 Å². The van der Waals surface area contributed by atoms with Crippen molar-refractivity contribution in [3.8, 4) is 0 Å². The Kier molecular flexibility index (Phi) is 8.57. The van der Waals surface area contributed by atoms with Crippen molar-refractivity contribution in [3.05, 3.63) is 0 Å². The molecule has 0 aliphatic carbocycles. The quantitative estimate of drug-likeness (QED) is 0.676. The first-order valence-corrected chi connectivity index (χ1v) is 9.03. The van der Waals surface area contributed by atoms with Crippen molar-refractivity contribution < 1.29 is 14.7 Å². The molecule has 0 saturated carbocycles. The van der Waals surface area contributed by atoms with Gasteiger partial charge in [0.05, 0.1) is 0 Å². The number of carboxylic acid groups (broad SMARTS) is 1. The zero-order chi connectivity index (χ0) is 15.7. The molecule has 1 aliphatic heterocycles. The fourth-order valence-corrected chi connectivity index (χ4v) is 3.34. The molecule has 1 aliphatic rings. The van der Waals surface area contributed by atoms with Crippen LogP contribution in [-0.2, 0) is 4.79 Å². The van der Waals surface area contributed by atoms with Gasteiger partial charge in [-0.3, -0.25) is 4.79 Å². The van der Waals surface area contributed by atoms with E-state index >= 15 is 0 Å². The third-order valence-electron chi connectivity index (χ3n) is 3.94. The van der Waals surface area contributed by atoms with Gasteiger partial charge in [0.25, 0.3) is 0 Å². The number of hydrogen-bond donors (Lipinski definition) is 2. The monoisotopic (exact) mass is 316 g/mol. The van der Waals surface area contributed by atoms with Gasteiger partial charge in [0.2, 0.25) is 0 Å². The van der Waals surface area contributed by atoms with Crippen molar-refractivity contribution >= 4 is 23.8 Å². The van der Waals surface area contributed by atoms with E-state index in [0.29, 0.717) is 5.92 Å². The van der Waals surface area contributed by atoms with Crippen LogP contribution in [0.5, 0.6) is 0 Å². The van der Waals surface area contributed by atoms with Crippen LogP contribution in [-0.4, -0.2) is 52.6 Å². The van der Waals surface area contributed by atoms with Crippen molar-refractivity contribution in [3.63, 3.8) is 0 Å². The molecule has 1 atom stereocenters. The molecule has 21 heavy (non-hydrogen) atoms. The summed E-state index contributed by atoms with van der Waals surface area (Å²) in [4.78, 5) is 24.6. The van der Waals surface area contributed by atoms with Crippen LogP contribution in [0, 0.1) is 5.92 Å². The second-order valence-corrected chi connectivity index (χ2v) is 7.09. The lowest BCUT2D eigenvalue weighted by Crippen LogP contribution is -2.47. The summed E-state index contributed by atoms with van der Waals surface area (Å²) < 4.78 is 0. The first kappa shape index (κ1) is 18.1. The number of likely N-dealkylation sites (tertiary alicyclic amines) is 1. The van der Waals surface area contributed by atoms with E-state index in [1.807, 2.05) is 23.6 Å². The maximum absolute atomic E-state index is 12.1. The summed E-state index contributed by atoms with van der Waals surface area (Å²) in [6, 6.07) is 0.238. The average molecular weight is 316 g/mol. The minimum Gasteiger partial charge on any atom is -0.481 e. The van der Waals surface area contributed by atoms with Gasteiger partial charge in [-0.2, -0.15) is 11.8 Å². The second-order valence-electron chi connectivity index (χ2n) is 5.70. The van der Waals surface area contributed by atoms with Gasteiger partial charge >= 0.3 is 12.0 Å². The zero-order valence-corrected chi connectivity index (χ0v) is 14.0. The molecule has 6 heteroatoms. The van der Waals surface area contributed by atoms with Crippen LogP contribution in [0.15, 0.2) is 0 Å². The fraction of sp³-hybridized carbons (Fsp3) is 0.867. The van der Waals surface area contributed by atoms with Crippen LogP contribution in [0.4, 0.5) is 4.79 Å². The van der Waals surface area contributed by atoms with E-state index in [1.54, 1.807) is 0 Å². The van der Waals surface area contributed by atoms with Crippen molar-refractivity contribution in [1.29, 1.82) is 0 Å². The van der Waals surface area contributed by atoms with Gasteiger partial charge in [-0.05, 0) is 50.0 Å². The molecule has 0 aromatic heterocycles. The Balaban J connectivity index is 2.20. The van der Waals surface area contributed by atoms with E-state index < -0.39 is 5.97 Å². The highest BCUT2D eigenvalue weighted by molar-refractivity contribution is 7.99. The molecule has 122 valence electrons. The van der Waals surface area contributed by atoms with Crippen molar-refractivity contribution in [2.24, 2.45) is 5.92 Å². The highest BCUT2D eigenvalue weighted by Crippen LogP contribution is 2.21. The predicted octanol–water partition coefficient (Wildman–Crippen LogP) is 2.80. The summed E-state index contributed by atoms with van der Waals surface area (Å²) in [6.07, 6.45) is 3.80. The Morgan fingerprint density at radius 1 is 1.38 bits per heavy atom. The number of nitrogens with zero attached hydrogens (tertiary/aromatic N) is 1. The first-order valence-electron chi connectivity index (χ1n) is 7.87.